The van der Waals surface area contributed by atoms with Crippen LogP contribution in [-0.4, -0.2) is 24.2 Å². The average molecular weight is 453 g/mol. The molecule has 9 heteroatoms. The molecule has 0 aromatic heterocycles. The lowest BCUT2D eigenvalue weighted by Crippen LogP contribution is -2.23. The van der Waals surface area contributed by atoms with E-state index in [-0.39, 0.29) is 30.7 Å². The molecule has 0 heterocycles. The van der Waals surface area contributed by atoms with E-state index in [0.29, 0.717) is 49.4 Å². The van der Waals surface area contributed by atoms with Gasteiger partial charge in [-0.2, -0.15) is 13.2 Å². The van der Waals surface area contributed by atoms with E-state index in [4.69, 9.17) is 16.7 Å². The third kappa shape index (κ3) is 11.0. The van der Waals surface area contributed by atoms with Crippen molar-refractivity contribution in [3.05, 3.63) is 34.3 Å². The third-order valence-corrected chi connectivity index (χ3v) is 4.47. The maximum atomic E-state index is 12.7. The molecule has 1 aromatic carbocycles. The van der Waals surface area contributed by atoms with Gasteiger partial charge >= 0.3 is 12.1 Å². The van der Waals surface area contributed by atoms with Gasteiger partial charge in [0.1, 0.15) is 0 Å². The summed E-state index contributed by atoms with van der Waals surface area (Å²) in [5, 5.41) is 12.6. The van der Waals surface area contributed by atoms with Crippen molar-refractivity contribution in [1.82, 2.24) is 5.32 Å². The highest BCUT2D eigenvalue weighted by molar-refractivity contribution is 6.31. The number of unbranched alkanes of at least 4 members (excludes halogenated alkanes) is 1. The van der Waals surface area contributed by atoms with E-state index in [1.54, 1.807) is 0 Å². The highest BCUT2D eigenvalue weighted by Crippen LogP contribution is 2.32. The SMILES string of the molecule is CCCCC(CCNCCCc1cc(C(F)(F)F)ccc1Cl)C(=O)O.Cl.Cl. The summed E-state index contributed by atoms with van der Waals surface area (Å²) >= 11 is 5.96. The molecule has 0 spiro atoms. The first-order valence-electron chi connectivity index (χ1n) is 8.54. The molecule has 3 nitrogen and oxygen atoms in total. The van der Waals surface area contributed by atoms with Crippen molar-refractivity contribution in [2.45, 2.75) is 51.6 Å². The fourth-order valence-corrected chi connectivity index (χ4v) is 2.80. The second kappa shape index (κ2) is 14.3. The maximum Gasteiger partial charge on any atom is 0.416 e. The van der Waals surface area contributed by atoms with Gasteiger partial charge in [0.25, 0.3) is 0 Å². The van der Waals surface area contributed by atoms with Crippen LogP contribution in [0.3, 0.4) is 0 Å². The first-order chi connectivity index (χ1) is 11.8. The number of halogens is 6. The highest BCUT2D eigenvalue weighted by Gasteiger charge is 2.30. The highest BCUT2D eigenvalue weighted by atomic mass is 35.5. The van der Waals surface area contributed by atoms with E-state index in [1.165, 1.54) is 6.07 Å². The van der Waals surface area contributed by atoms with E-state index in [9.17, 15) is 18.0 Å². The molecule has 0 bridgehead atoms. The Hall–Kier alpha value is -0.690. The number of carboxylic acids is 1. The molecule has 1 aromatic rings. The normalized spacial score (nSPS) is 12.0. The smallest absolute Gasteiger partial charge is 0.416 e. The minimum absolute atomic E-state index is 0. The van der Waals surface area contributed by atoms with Gasteiger partial charge in [0, 0.05) is 5.02 Å². The van der Waals surface area contributed by atoms with Crippen molar-refractivity contribution in [1.29, 1.82) is 0 Å². The molecule has 0 aliphatic carbocycles. The molecule has 158 valence electrons. The maximum absolute atomic E-state index is 12.7. The predicted molar refractivity (Wildman–Crippen MR) is 107 cm³/mol. The van der Waals surface area contributed by atoms with Crippen LogP contribution in [0.4, 0.5) is 13.2 Å². The van der Waals surface area contributed by atoms with Crippen LogP contribution in [0, 0.1) is 5.92 Å². The second-order valence-electron chi connectivity index (χ2n) is 6.12. The van der Waals surface area contributed by atoms with Gasteiger partial charge in [-0.25, -0.2) is 0 Å². The topological polar surface area (TPSA) is 49.3 Å². The number of carbonyl (C=O) groups is 1. The molecule has 2 N–H and O–H groups in total. The Morgan fingerprint density at radius 3 is 2.41 bits per heavy atom. The largest absolute Gasteiger partial charge is 0.481 e. The van der Waals surface area contributed by atoms with Gasteiger partial charge in [-0.15, -0.1) is 24.8 Å². The first-order valence-corrected chi connectivity index (χ1v) is 8.92. The minimum Gasteiger partial charge on any atom is -0.481 e. The quantitative estimate of drug-likeness (QED) is 0.404. The molecule has 0 radical (unpaired) electrons. The number of aliphatic carboxylic acids is 1. The van der Waals surface area contributed by atoms with Gasteiger partial charge in [0.05, 0.1) is 11.5 Å². The average Bonchev–Trinajstić information content (AvgIpc) is 2.53. The Morgan fingerprint density at radius 1 is 1.19 bits per heavy atom. The van der Waals surface area contributed by atoms with Crippen LogP contribution in [0.1, 0.15) is 50.2 Å². The van der Waals surface area contributed by atoms with Crippen LogP contribution in [0.2, 0.25) is 5.02 Å². The Labute approximate surface area is 175 Å². The van der Waals surface area contributed by atoms with Crippen molar-refractivity contribution >= 4 is 42.4 Å². The molecule has 1 rings (SSSR count). The molecule has 0 aliphatic rings. The summed E-state index contributed by atoms with van der Waals surface area (Å²) in [6.45, 7) is 3.21. The molecule has 0 saturated carbocycles. The molecule has 1 unspecified atom stereocenters. The molecule has 27 heavy (non-hydrogen) atoms. The molecule has 1 atom stereocenters. The number of aryl methyl sites for hydroxylation is 1. The van der Waals surface area contributed by atoms with Crippen LogP contribution in [0.15, 0.2) is 18.2 Å². The zero-order valence-electron chi connectivity index (χ0n) is 15.2. The number of alkyl halides is 3. The fourth-order valence-electron chi connectivity index (χ4n) is 2.59. The monoisotopic (exact) mass is 451 g/mol. The van der Waals surface area contributed by atoms with Gasteiger partial charge in [-0.05, 0) is 62.5 Å². The summed E-state index contributed by atoms with van der Waals surface area (Å²) in [5.41, 5.74) is -0.218. The predicted octanol–water partition coefficient (Wildman–Crippen LogP) is 6.01. The summed E-state index contributed by atoms with van der Waals surface area (Å²) in [6, 6.07) is 3.35. The second-order valence-corrected chi connectivity index (χ2v) is 6.53. The zero-order chi connectivity index (χ0) is 18.9. The first kappa shape index (κ1) is 28.5. The Bertz CT molecular complexity index is 557. The summed E-state index contributed by atoms with van der Waals surface area (Å²) in [7, 11) is 0. The third-order valence-electron chi connectivity index (χ3n) is 4.10. The van der Waals surface area contributed by atoms with Gasteiger partial charge in [-0.1, -0.05) is 31.4 Å². The lowest BCUT2D eigenvalue weighted by Gasteiger charge is -2.13. The van der Waals surface area contributed by atoms with E-state index in [1.807, 2.05) is 6.92 Å². The Morgan fingerprint density at radius 2 is 1.85 bits per heavy atom. The molecular formula is C18H27Cl3F3NO2. The molecule has 0 amide bonds. The van der Waals surface area contributed by atoms with Gasteiger partial charge in [-0.3, -0.25) is 4.79 Å². The zero-order valence-corrected chi connectivity index (χ0v) is 17.5. The van der Waals surface area contributed by atoms with Crippen molar-refractivity contribution in [2.75, 3.05) is 13.1 Å². The van der Waals surface area contributed by atoms with E-state index >= 15 is 0 Å². The fraction of sp³-hybridized carbons (Fsp3) is 0.611. The summed E-state index contributed by atoms with van der Waals surface area (Å²) in [4.78, 5) is 11.1. The number of hydrogen-bond acceptors (Lipinski definition) is 2. The number of carboxylic acid groups (broad SMARTS) is 1. The summed E-state index contributed by atoms with van der Waals surface area (Å²) in [6.07, 6.45) is -0.212. The number of nitrogens with one attached hydrogen (secondary N) is 1. The van der Waals surface area contributed by atoms with Crippen LogP contribution in [-0.2, 0) is 17.4 Å². The van der Waals surface area contributed by atoms with Crippen LogP contribution >= 0.6 is 36.4 Å². The summed E-state index contributed by atoms with van der Waals surface area (Å²) < 4.78 is 38.1. The van der Waals surface area contributed by atoms with Crippen molar-refractivity contribution < 1.29 is 23.1 Å². The van der Waals surface area contributed by atoms with E-state index in [2.05, 4.69) is 5.32 Å². The standard InChI is InChI=1S/C18H25ClF3NO2.2ClH/c1-2-3-5-13(17(24)25)9-11-23-10-4-6-14-12-15(18(20,21)22)7-8-16(14)19;;/h7-8,12-13,23H,2-6,9-11H2,1H3,(H,24,25);2*1H. The Kier molecular flexibility index (Phi) is 15.1. The number of benzene rings is 1. The van der Waals surface area contributed by atoms with E-state index in [0.717, 1.165) is 25.0 Å². The van der Waals surface area contributed by atoms with E-state index < -0.39 is 17.7 Å². The molecule has 0 aliphatic heterocycles. The van der Waals surface area contributed by atoms with Crippen molar-refractivity contribution in [2.24, 2.45) is 5.92 Å². The van der Waals surface area contributed by atoms with Gasteiger partial charge in [0.2, 0.25) is 0 Å². The molecule has 0 fully saturated rings. The summed E-state index contributed by atoms with van der Waals surface area (Å²) in [5.74, 6) is -1.11. The molecular weight excluding hydrogens is 426 g/mol. The van der Waals surface area contributed by atoms with Crippen LogP contribution in [0.5, 0.6) is 0 Å². The minimum atomic E-state index is -4.37. The number of rotatable bonds is 11. The van der Waals surface area contributed by atoms with Gasteiger partial charge in [0.15, 0.2) is 0 Å². The lowest BCUT2D eigenvalue weighted by molar-refractivity contribution is -0.142. The molecule has 0 saturated heterocycles. The van der Waals surface area contributed by atoms with Crippen LogP contribution in [0.25, 0.3) is 0 Å². The Balaban J connectivity index is 0. The van der Waals surface area contributed by atoms with Crippen molar-refractivity contribution in [3.63, 3.8) is 0 Å². The van der Waals surface area contributed by atoms with Gasteiger partial charge < -0.3 is 10.4 Å². The van der Waals surface area contributed by atoms with Crippen LogP contribution < -0.4 is 5.32 Å². The number of hydrogen-bond donors (Lipinski definition) is 2. The lowest BCUT2D eigenvalue weighted by atomic mass is 9.99. The van der Waals surface area contributed by atoms with Crippen molar-refractivity contribution in [3.8, 4) is 0 Å².